The van der Waals surface area contributed by atoms with E-state index >= 15 is 0 Å². The lowest BCUT2D eigenvalue weighted by molar-refractivity contribution is -0.302. The van der Waals surface area contributed by atoms with E-state index in [1.54, 1.807) is 6.08 Å². The lowest BCUT2D eigenvalue weighted by atomic mass is 9.99. The molecular weight excluding hydrogens is 959 g/mol. The van der Waals surface area contributed by atoms with E-state index in [1.165, 1.54) is 289 Å². The number of rotatable bonds is 60. The van der Waals surface area contributed by atoms with Gasteiger partial charge in [0.1, 0.15) is 24.4 Å². The van der Waals surface area contributed by atoms with Crippen molar-refractivity contribution in [2.24, 2.45) is 0 Å². The second kappa shape index (κ2) is 57.9. The summed E-state index contributed by atoms with van der Waals surface area (Å²) in [5, 5.41) is 54.7. The molecule has 7 unspecified atom stereocenters. The van der Waals surface area contributed by atoms with Crippen molar-refractivity contribution in [3.63, 3.8) is 0 Å². The Bertz CT molecular complexity index is 1260. The third kappa shape index (κ3) is 46.9. The lowest BCUT2D eigenvalue weighted by Crippen LogP contribution is -2.60. The maximum atomic E-state index is 13.1. The third-order valence-electron chi connectivity index (χ3n) is 16.5. The summed E-state index contributed by atoms with van der Waals surface area (Å²) in [6.45, 7) is 3.83. The molecule has 1 fully saturated rings. The monoisotopic (exact) mass is 1090 g/mol. The first-order valence-corrected chi connectivity index (χ1v) is 34.1. The minimum Gasteiger partial charge on any atom is -0.394 e. The number of amides is 1. The van der Waals surface area contributed by atoms with Crippen molar-refractivity contribution < 1.29 is 39.8 Å². The van der Waals surface area contributed by atoms with E-state index < -0.39 is 49.5 Å². The first-order valence-electron chi connectivity index (χ1n) is 34.1. The highest BCUT2D eigenvalue weighted by atomic mass is 16.7. The lowest BCUT2D eigenvalue weighted by Gasteiger charge is -2.40. The third-order valence-corrected chi connectivity index (χ3v) is 16.5. The van der Waals surface area contributed by atoms with Crippen LogP contribution in [0.5, 0.6) is 0 Å². The van der Waals surface area contributed by atoms with E-state index in [-0.39, 0.29) is 12.5 Å². The average Bonchev–Trinajstić information content (AvgIpc) is 3.43. The molecule has 456 valence electrons. The van der Waals surface area contributed by atoms with E-state index in [2.05, 4.69) is 31.3 Å². The molecule has 9 nitrogen and oxygen atoms in total. The van der Waals surface area contributed by atoms with E-state index in [9.17, 15) is 30.3 Å². The van der Waals surface area contributed by atoms with Crippen LogP contribution in [-0.4, -0.2) is 87.5 Å². The first-order chi connectivity index (χ1) is 37.8. The summed E-state index contributed by atoms with van der Waals surface area (Å²) >= 11 is 0. The van der Waals surface area contributed by atoms with Gasteiger partial charge in [-0.25, -0.2) is 0 Å². The molecule has 0 radical (unpaired) electrons. The molecule has 1 amide bonds. The first kappa shape index (κ1) is 73.7. The second-order valence-corrected chi connectivity index (χ2v) is 24.0. The van der Waals surface area contributed by atoms with Gasteiger partial charge in [-0.05, 0) is 44.9 Å². The zero-order valence-corrected chi connectivity index (χ0v) is 51.0. The largest absolute Gasteiger partial charge is 0.394 e. The van der Waals surface area contributed by atoms with Crippen LogP contribution < -0.4 is 5.32 Å². The number of unbranched alkanes of at least 4 members (excludes halogenated alkanes) is 48. The van der Waals surface area contributed by atoms with E-state index in [4.69, 9.17) is 9.47 Å². The molecule has 1 saturated heterocycles. The van der Waals surface area contributed by atoms with Crippen LogP contribution in [0.1, 0.15) is 348 Å². The smallest absolute Gasteiger partial charge is 0.220 e. The average molecular weight is 1090 g/mol. The van der Waals surface area contributed by atoms with Crippen molar-refractivity contribution in [3.8, 4) is 0 Å². The van der Waals surface area contributed by atoms with Gasteiger partial charge in [0, 0.05) is 6.42 Å². The molecular formula is C68H131NO8. The van der Waals surface area contributed by atoms with Crippen LogP contribution in [0.15, 0.2) is 24.3 Å². The Kier molecular flexibility index (Phi) is 55.4. The number of aliphatic hydroxyl groups excluding tert-OH is 5. The van der Waals surface area contributed by atoms with Gasteiger partial charge in [-0.2, -0.15) is 0 Å². The minimum absolute atomic E-state index is 0.169. The Morgan fingerprint density at radius 3 is 1.05 bits per heavy atom. The van der Waals surface area contributed by atoms with Crippen molar-refractivity contribution in [2.75, 3.05) is 13.2 Å². The normalized spacial score (nSPS) is 18.8. The molecule has 6 N–H and O–H groups in total. The number of nitrogens with one attached hydrogen (secondary N) is 1. The van der Waals surface area contributed by atoms with Gasteiger partial charge < -0.3 is 40.3 Å². The molecule has 1 aliphatic heterocycles. The fourth-order valence-electron chi connectivity index (χ4n) is 11.2. The summed E-state index contributed by atoms with van der Waals surface area (Å²) in [7, 11) is 0. The standard InChI is InChI=1S/C68H131NO8/c1-3-5-7-9-11-13-15-17-19-21-23-25-26-27-28-29-30-31-32-33-34-35-36-38-40-42-44-46-48-50-52-54-56-58-64(72)69-61(60-76-68-67(75)66(74)65(73)63(59-70)77-68)62(71)57-55-53-51-49-47-45-43-41-39-37-24-22-20-18-16-14-12-10-8-6-4-2/h27-28,55,57,61-63,65-68,70-71,73-75H,3-26,29-54,56,58-60H2,1-2H3,(H,69,72)/b28-27-,57-55+. The molecule has 0 aromatic rings. The van der Waals surface area contributed by atoms with Gasteiger partial charge in [-0.15, -0.1) is 0 Å². The highest BCUT2D eigenvalue weighted by molar-refractivity contribution is 5.76. The molecule has 0 aliphatic carbocycles. The highest BCUT2D eigenvalue weighted by Gasteiger charge is 2.44. The summed E-state index contributed by atoms with van der Waals surface area (Å²) in [5.41, 5.74) is 0. The summed E-state index contributed by atoms with van der Waals surface area (Å²) in [6.07, 6.45) is 68.5. The molecule has 0 aromatic carbocycles. The Morgan fingerprint density at radius 1 is 0.429 bits per heavy atom. The Morgan fingerprint density at radius 2 is 0.727 bits per heavy atom. The summed E-state index contributed by atoms with van der Waals surface area (Å²) < 4.78 is 11.3. The summed E-state index contributed by atoms with van der Waals surface area (Å²) in [4.78, 5) is 13.1. The summed E-state index contributed by atoms with van der Waals surface area (Å²) in [5.74, 6) is -0.169. The maximum Gasteiger partial charge on any atom is 0.220 e. The molecule has 7 atom stereocenters. The van der Waals surface area contributed by atoms with Gasteiger partial charge >= 0.3 is 0 Å². The Labute approximate surface area is 477 Å². The SMILES string of the molecule is CCCCCCCCCCCCCC/C=C\CCCCCCCCCCCCCCCCCCCC(=O)NC(COC1OC(CO)C(O)C(O)C1O)C(O)/C=C/CCCCCCCCCCCCCCCCCCCCC. The molecule has 0 aromatic heterocycles. The highest BCUT2D eigenvalue weighted by Crippen LogP contribution is 2.23. The molecule has 0 bridgehead atoms. The number of hydrogen-bond acceptors (Lipinski definition) is 8. The fraction of sp³-hybridized carbons (Fsp3) is 0.926. The molecule has 0 spiro atoms. The molecule has 1 rings (SSSR count). The van der Waals surface area contributed by atoms with Crippen LogP contribution in [-0.2, 0) is 14.3 Å². The zero-order valence-electron chi connectivity index (χ0n) is 51.0. The second-order valence-electron chi connectivity index (χ2n) is 24.0. The Hall–Kier alpha value is -1.33. The van der Waals surface area contributed by atoms with Crippen molar-refractivity contribution in [3.05, 3.63) is 24.3 Å². The zero-order chi connectivity index (χ0) is 55.8. The van der Waals surface area contributed by atoms with Crippen LogP contribution in [0.3, 0.4) is 0 Å². The number of hydrogen-bond donors (Lipinski definition) is 6. The van der Waals surface area contributed by atoms with Crippen LogP contribution in [0.4, 0.5) is 0 Å². The van der Waals surface area contributed by atoms with Crippen LogP contribution >= 0.6 is 0 Å². The molecule has 9 heteroatoms. The maximum absolute atomic E-state index is 13.1. The molecule has 0 saturated carbocycles. The molecule has 1 aliphatic rings. The van der Waals surface area contributed by atoms with Crippen molar-refractivity contribution >= 4 is 5.91 Å². The van der Waals surface area contributed by atoms with Gasteiger partial charge in [0.05, 0.1) is 25.4 Å². The Balaban J connectivity index is 2.11. The number of carbonyl (C=O) groups excluding carboxylic acids is 1. The topological polar surface area (TPSA) is 149 Å². The quantitative estimate of drug-likeness (QED) is 0.0261. The van der Waals surface area contributed by atoms with E-state index in [1.807, 2.05) is 6.08 Å². The van der Waals surface area contributed by atoms with Crippen molar-refractivity contribution in [2.45, 2.75) is 391 Å². The number of ether oxygens (including phenoxy) is 2. The van der Waals surface area contributed by atoms with Gasteiger partial charge in [-0.1, -0.05) is 321 Å². The van der Waals surface area contributed by atoms with Crippen LogP contribution in [0.25, 0.3) is 0 Å². The van der Waals surface area contributed by atoms with Gasteiger partial charge in [0.25, 0.3) is 0 Å². The number of aliphatic hydroxyl groups is 5. The van der Waals surface area contributed by atoms with Gasteiger partial charge in [0.15, 0.2) is 6.29 Å². The minimum atomic E-state index is -1.57. The van der Waals surface area contributed by atoms with Crippen LogP contribution in [0.2, 0.25) is 0 Å². The van der Waals surface area contributed by atoms with Gasteiger partial charge in [0.2, 0.25) is 5.91 Å². The summed E-state index contributed by atoms with van der Waals surface area (Å²) in [6, 6.07) is -0.803. The van der Waals surface area contributed by atoms with E-state index in [0.29, 0.717) is 6.42 Å². The number of allylic oxidation sites excluding steroid dienone is 3. The van der Waals surface area contributed by atoms with Gasteiger partial charge in [-0.3, -0.25) is 4.79 Å². The predicted octanol–water partition coefficient (Wildman–Crippen LogP) is 18.1. The fourth-order valence-corrected chi connectivity index (χ4v) is 11.2. The van der Waals surface area contributed by atoms with Crippen molar-refractivity contribution in [1.82, 2.24) is 5.32 Å². The van der Waals surface area contributed by atoms with Crippen molar-refractivity contribution in [1.29, 1.82) is 0 Å². The molecule has 77 heavy (non-hydrogen) atoms. The predicted molar refractivity (Wildman–Crippen MR) is 327 cm³/mol. The number of carbonyl (C=O) groups is 1. The van der Waals surface area contributed by atoms with E-state index in [0.717, 1.165) is 38.5 Å². The molecule has 1 heterocycles. The van der Waals surface area contributed by atoms with Crippen LogP contribution in [0, 0.1) is 0 Å².